The third-order valence-corrected chi connectivity index (χ3v) is 7.02. The van der Waals surface area contributed by atoms with E-state index in [0.29, 0.717) is 0 Å². The molecule has 1 aliphatic heterocycles. The summed E-state index contributed by atoms with van der Waals surface area (Å²) >= 11 is 0. The summed E-state index contributed by atoms with van der Waals surface area (Å²) in [5.41, 5.74) is 4.11. The van der Waals surface area contributed by atoms with E-state index < -0.39 is 5.97 Å². The Morgan fingerprint density at radius 1 is 1.23 bits per heavy atom. The number of nitrogens with zero attached hydrogens (tertiary/aromatic N) is 1. The van der Waals surface area contributed by atoms with Crippen LogP contribution < -0.4 is 10.2 Å². The molecule has 5 rings (SSSR count). The van der Waals surface area contributed by atoms with Gasteiger partial charge in [0.05, 0.1) is 18.9 Å². The summed E-state index contributed by atoms with van der Waals surface area (Å²) in [5.74, 6) is 1.28. The quantitative estimate of drug-likeness (QED) is 0.656. The lowest BCUT2D eigenvalue weighted by molar-refractivity contribution is 0.0521. The zero-order valence-electron chi connectivity index (χ0n) is 17.8. The Morgan fingerprint density at radius 3 is 2.70 bits per heavy atom. The summed E-state index contributed by atoms with van der Waals surface area (Å²) in [6.07, 6.45) is 9.73. The summed E-state index contributed by atoms with van der Waals surface area (Å²) in [6, 6.07) is 5.95. The van der Waals surface area contributed by atoms with E-state index in [-0.39, 0.29) is 23.1 Å². The first-order valence-electron chi connectivity index (χ1n) is 11.2. The first kappa shape index (κ1) is 19.4. The normalized spacial score (nSPS) is 18.3. The third-order valence-electron chi connectivity index (χ3n) is 7.02. The van der Waals surface area contributed by atoms with E-state index in [1.165, 1.54) is 18.4 Å². The molecule has 5 nitrogen and oxygen atoms in total. The van der Waals surface area contributed by atoms with Crippen molar-refractivity contribution < 1.29 is 14.3 Å². The van der Waals surface area contributed by atoms with Crippen LogP contribution in [-0.4, -0.2) is 23.8 Å². The summed E-state index contributed by atoms with van der Waals surface area (Å²) in [6.45, 7) is 4.85. The first-order chi connectivity index (χ1) is 14.5. The van der Waals surface area contributed by atoms with Crippen LogP contribution >= 0.6 is 0 Å². The summed E-state index contributed by atoms with van der Waals surface area (Å²) in [4.78, 5) is 25.1. The molecule has 2 heterocycles. The Kier molecular flexibility index (Phi) is 4.72. The van der Waals surface area contributed by atoms with Crippen LogP contribution in [0.5, 0.6) is 5.75 Å². The molecule has 2 aliphatic carbocycles. The average Bonchev–Trinajstić information content (AvgIpc) is 3.51. The van der Waals surface area contributed by atoms with Gasteiger partial charge in [-0.2, -0.15) is 0 Å². The fraction of sp³-hybridized carbons (Fsp3) is 0.520. The van der Waals surface area contributed by atoms with Crippen molar-refractivity contribution in [1.82, 2.24) is 4.57 Å². The number of aromatic nitrogens is 1. The van der Waals surface area contributed by atoms with Crippen molar-refractivity contribution in [3.63, 3.8) is 0 Å². The molecule has 5 heteroatoms. The van der Waals surface area contributed by atoms with Crippen molar-refractivity contribution in [3.05, 3.63) is 51.3 Å². The molecule has 1 aromatic heterocycles. The third kappa shape index (κ3) is 3.24. The van der Waals surface area contributed by atoms with Gasteiger partial charge < -0.3 is 14.0 Å². The van der Waals surface area contributed by atoms with E-state index in [2.05, 4.69) is 23.6 Å². The van der Waals surface area contributed by atoms with Gasteiger partial charge in [0, 0.05) is 23.4 Å². The van der Waals surface area contributed by atoms with Crippen LogP contribution in [0.25, 0.3) is 11.3 Å². The molecule has 2 aromatic rings. The summed E-state index contributed by atoms with van der Waals surface area (Å²) < 4.78 is 13.4. The Labute approximate surface area is 177 Å². The molecule has 0 saturated heterocycles. The molecule has 0 bridgehead atoms. The Balaban J connectivity index is 1.55. The lowest BCUT2D eigenvalue weighted by atomic mass is 9.69. The second kappa shape index (κ2) is 7.29. The maximum Gasteiger partial charge on any atom is 0.343 e. The van der Waals surface area contributed by atoms with E-state index in [1.807, 2.05) is 0 Å². The number of ether oxygens (including phenoxy) is 2. The van der Waals surface area contributed by atoms with E-state index in [1.54, 1.807) is 19.2 Å². The van der Waals surface area contributed by atoms with Crippen molar-refractivity contribution in [2.45, 2.75) is 64.3 Å². The highest BCUT2D eigenvalue weighted by atomic mass is 16.5. The van der Waals surface area contributed by atoms with Gasteiger partial charge in [0.15, 0.2) is 5.43 Å². The minimum atomic E-state index is -0.534. The number of carbonyl (C=O) groups excluding carboxylic acids is 1. The van der Waals surface area contributed by atoms with Crippen LogP contribution in [0.1, 0.15) is 66.9 Å². The van der Waals surface area contributed by atoms with Crippen LogP contribution in [0.15, 0.2) is 29.2 Å². The van der Waals surface area contributed by atoms with Crippen LogP contribution in [-0.2, 0) is 16.7 Å². The number of esters is 1. The monoisotopic (exact) mass is 407 g/mol. The second-order valence-corrected chi connectivity index (χ2v) is 9.14. The number of rotatable bonds is 6. The molecule has 2 fully saturated rings. The fourth-order valence-electron chi connectivity index (χ4n) is 4.95. The maximum absolute atomic E-state index is 12.8. The Morgan fingerprint density at radius 2 is 2.03 bits per heavy atom. The van der Waals surface area contributed by atoms with Crippen molar-refractivity contribution in [2.75, 3.05) is 13.2 Å². The molecule has 3 aliphatic rings. The van der Waals surface area contributed by atoms with Gasteiger partial charge in [-0.15, -0.1) is 0 Å². The number of hydrogen-bond acceptors (Lipinski definition) is 4. The lowest BCUT2D eigenvalue weighted by Crippen LogP contribution is -2.46. The number of hydrogen-bond donors (Lipinski definition) is 0. The first-order valence-corrected chi connectivity index (χ1v) is 11.2. The van der Waals surface area contributed by atoms with E-state index in [9.17, 15) is 9.59 Å². The minimum absolute atomic E-state index is 0.0577. The predicted molar refractivity (Wildman–Crippen MR) is 115 cm³/mol. The van der Waals surface area contributed by atoms with Crippen molar-refractivity contribution in [2.24, 2.45) is 5.92 Å². The topological polar surface area (TPSA) is 57.5 Å². The van der Waals surface area contributed by atoms with Crippen molar-refractivity contribution >= 4 is 5.97 Å². The molecular weight excluding hydrogens is 378 g/mol. The molecule has 0 N–H and O–H groups in total. The standard InChI is InChI=1S/C25H29NO4/c1-3-29-24(28)20-15-26-21(13-22(20)27)19-11-16(2)23(30-10-7-17-5-6-17)12-18(19)14-25(26)8-4-9-25/h11-13,15,17H,3-10,14H2,1-2H3. The number of fused-ring (bicyclic) bond motifs is 4. The highest BCUT2D eigenvalue weighted by Gasteiger charge is 2.43. The Hall–Kier alpha value is -2.56. The van der Waals surface area contributed by atoms with Gasteiger partial charge in [0.1, 0.15) is 11.3 Å². The number of benzene rings is 1. The van der Waals surface area contributed by atoms with E-state index >= 15 is 0 Å². The molecule has 0 amide bonds. The largest absolute Gasteiger partial charge is 0.493 e. The minimum Gasteiger partial charge on any atom is -0.493 e. The molecule has 1 aromatic carbocycles. The zero-order chi connectivity index (χ0) is 20.9. The zero-order valence-corrected chi connectivity index (χ0v) is 17.8. The van der Waals surface area contributed by atoms with Crippen molar-refractivity contribution in [1.29, 1.82) is 0 Å². The molecule has 2 saturated carbocycles. The van der Waals surface area contributed by atoms with Gasteiger partial charge in [-0.3, -0.25) is 4.79 Å². The average molecular weight is 408 g/mol. The second-order valence-electron chi connectivity index (χ2n) is 9.14. The fourth-order valence-corrected chi connectivity index (χ4v) is 4.95. The lowest BCUT2D eigenvalue weighted by Gasteiger charge is -2.49. The molecule has 0 unspecified atom stereocenters. The van der Waals surface area contributed by atoms with E-state index in [4.69, 9.17) is 9.47 Å². The maximum atomic E-state index is 12.8. The number of carbonyl (C=O) groups is 1. The van der Waals surface area contributed by atoms with Crippen LogP contribution in [0.2, 0.25) is 0 Å². The SMILES string of the molecule is CCOC(=O)c1cn2c(cc1=O)-c1cc(C)c(OCCC3CC3)cc1CC21CCC1. The van der Waals surface area contributed by atoms with Gasteiger partial charge in [-0.05, 0) is 75.1 Å². The smallest absolute Gasteiger partial charge is 0.343 e. The molecule has 30 heavy (non-hydrogen) atoms. The van der Waals surface area contributed by atoms with Gasteiger partial charge in [0.25, 0.3) is 0 Å². The Bertz CT molecular complexity index is 1060. The number of pyridine rings is 1. The van der Waals surface area contributed by atoms with Gasteiger partial charge in [-0.1, -0.05) is 12.8 Å². The highest BCUT2D eigenvalue weighted by Crippen LogP contribution is 2.49. The molecule has 158 valence electrons. The highest BCUT2D eigenvalue weighted by molar-refractivity contribution is 5.89. The van der Waals surface area contributed by atoms with Crippen LogP contribution in [0.3, 0.4) is 0 Å². The molecular formula is C25H29NO4. The molecule has 0 radical (unpaired) electrons. The van der Waals surface area contributed by atoms with Gasteiger partial charge in [0.2, 0.25) is 0 Å². The molecule has 0 atom stereocenters. The van der Waals surface area contributed by atoms with Crippen LogP contribution in [0, 0.1) is 12.8 Å². The van der Waals surface area contributed by atoms with Gasteiger partial charge in [-0.25, -0.2) is 4.79 Å². The van der Waals surface area contributed by atoms with Crippen LogP contribution in [0.4, 0.5) is 0 Å². The number of aryl methyl sites for hydroxylation is 1. The predicted octanol–water partition coefficient (Wildman–Crippen LogP) is 4.61. The molecule has 1 spiro atoms. The van der Waals surface area contributed by atoms with E-state index in [0.717, 1.165) is 67.2 Å². The van der Waals surface area contributed by atoms with Gasteiger partial charge >= 0.3 is 5.97 Å². The summed E-state index contributed by atoms with van der Waals surface area (Å²) in [7, 11) is 0. The van der Waals surface area contributed by atoms with Crippen molar-refractivity contribution in [3.8, 4) is 17.0 Å². The summed E-state index contributed by atoms with van der Waals surface area (Å²) in [5, 5.41) is 0.